The van der Waals surface area contributed by atoms with Crippen molar-refractivity contribution < 1.29 is 14.1 Å². The molecule has 1 aromatic heterocycles. The molecule has 1 aromatic carbocycles. The number of nitro benzene ring substituents is 1. The summed E-state index contributed by atoms with van der Waals surface area (Å²) < 4.78 is 13.4. The van der Waals surface area contributed by atoms with Crippen LogP contribution >= 0.6 is 11.6 Å². The number of nitrogens with zero attached hydrogens (tertiary/aromatic N) is 2. The van der Waals surface area contributed by atoms with Crippen LogP contribution in [0.3, 0.4) is 0 Å². The van der Waals surface area contributed by atoms with Crippen molar-refractivity contribution in [3.63, 3.8) is 0 Å². The predicted octanol–water partition coefficient (Wildman–Crippen LogP) is 3.03. The highest BCUT2D eigenvalue weighted by Gasteiger charge is 2.15. The van der Waals surface area contributed by atoms with Gasteiger partial charge in [-0.05, 0) is 18.2 Å². The van der Waals surface area contributed by atoms with Crippen molar-refractivity contribution >= 4 is 28.9 Å². The van der Waals surface area contributed by atoms with Crippen LogP contribution in [0.4, 0.5) is 15.8 Å². The summed E-state index contributed by atoms with van der Waals surface area (Å²) in [5.41, 5.74) is -0.322. The molecule has 102 valence electrons. The SMILES string of the molecule is O=C(Nc1ccc([N+](=O)[O-])c(F)c1)c1ccc(Cl)nc1. The lowest BCUT2D eigenvalue weighted by Crippen LogP contribution is -2.12. The number of halogens is 2. The Morgan fingerprint density at radius 3 is 2.65 bits per heavy atom. The Kier molecular flexibility index (Phi) is 3.90. The van der Waals surface area contributed by atoms with Crippen LogP contribution < -0.4 is 5.32 Å². The van der Waals surface area contributed by atoms with Gasteiger partial charge in [0.15, 0.2) is 0 Å². The highest BCUT2D eigenvalue weighted by Crippen LogP contribution is 2.21. The lowest BCUT2D eigenvalue weighted by atomic mass is 10.2. The molecule has 0 radical (unpaired) electrons. The number of carbonyl (C=O) groups is 1. The second-order valence-electron chi connectivity index (χ2n) is 3.75. The van der Waals surface area contributed by atoms with Crippen LogP contribution in [0.2, 0.25) is 5.15 Å². The minimum atomic E-state index is -1.03. The Morgan fingerprint density at radius 1 is 1.35 bits per heavy atom. The van der Waals surface area contributed by atoms with E-state index in [1.54, 1.807) is 0 Å². The van der Waals surface area contributed by atoms with E-state index in [0.717, 1.165) is 12.1 Å². The van der Waals surface area contributed by atoms with Crippen LogP contribution in [0, 0.1) is 15.9 Å². The third-order valence-corrected chi connectivity index (χ3v) is 2.62. The number of carbonyl (C=O) groups excluding carboxylic acids is 1. The molecule has 8 heteroatoms. The Bertz CT molecular complexity index is 676. The first-order valence-electron chi connectivity index (χ1n) is 5.34. The fraction of sp³-hybridized carbons (Fsp3) is 0. The van der Waals surface area contributed by atoms with Gasteiger partial charge in [0.1, 0.15) is 5.15 Å². The molecule has 1 amide bonds. The maximum atomic E-state index is 13.4. The molecule has 0 fully saturated rings. The van der Waals surface area contributed by atoms with E-state index in [0.29, 0.717) is 0 Å². The number of amides is 1. The topological polar surface area (TPSA) is 85.1 Å². The van der Waals surface area contributed by atoms with Gasteiger partial charge in [0.05, 0.1) is 10.5 Å². The van der Waals surface area contributed by atoms with Crippen molar-refractivity contribution in [3.05, 3.63) is 63.2 Å². The summed E-state index contributed by atoms with van der Waals surface area (Å²) in [7, 11) is 0. The molecule has 0 saturated carbocycles. The summed E-state index contributed by atoms with van der Waals surface area (Å²) in [5, 5.41) is 13.1. The number of aromatic nitrogens is 1. The first kappa shape index (κ1) is 13.9. The van der Waals surface area contributed by atoms with Gasteiger partial charge in [-0.15, -0.1) is 0 Å². The minimum absolute atomic E-state index is 0.105. The number of rotatable bonds is 3. The van der Waals surface area contributed by atoms with Gasteiger partial charge >= 0.3 is 5.69 Å². The van der Waals surface area contributed by atoms with Gasteiger partial charge in [-0.2, -0.15) is 4.39 Å². The number of nitrogens with one attached hydrogen (secondary N) is 1. The summed E-state index contributed by atoms with van der Waals surface area (Å²) in [4.78, 5) is 25.2. The van der Waals surface area contributed by atoms with Crippen LogP contribution in [0.5, 0.6) is 0 Å². The van der Waals surface area contributed by atoms with Crippen LogP contribution in [-0.2, 0) is 0 Å². The summed E-state index contributed by atoms with van der Waals surface area (Å²) in [5.74, 6) is -1.55. The number of hydrogen-bond donors (Lipinski definition) is 1. The lowest BCUT2D eigenvalue weighted by Gasteiger charge is -2.05. The van der Waals surface area contributed by atoms with E-state index < -0.39 is 22.3 Å². The normalized spacial score (nSPS) is 10.1. The molecule has 6 nitrogen and oxygen atoms in total. The summed E-state index contributed by atoms with van der Waals surface area (Å²) in [6.45, 7) is 0. The van der Waals surface area contributed by atoms with Gasteiger partial charge in [-0.1, -0.05) is 11.6 Å². The molecular weight excluding hydrogens is 289 g/mol. The van der Waals surface area contributed by atoms with Crippen molar-refractivity contribution in [2.45, 2.75) is 0 Å². The number of nitro groups is 1. The zero-order valence-corrected chi connectivity index (χ0v) is 10.6. The van der Waals surface area contributed by atoms with E-state index >= 15 is 0 Å². The third-order valence-electron chi connectivity index (χ3n) is 2.39. The Morgan fingerprint density at radius 2 is 2.10 bits per heavy atom. The Balaban J connectivity index is 2.18. The number of anilines is 1. The smallest absolute Gasteiger partial charge is 0.304 e. The van der Waals surface area contributed by atoms with Crippen LogP contribution in [0.1, 0.15) is 10.4 Å². The Labute approximate surface area is 117 Å². The van der Waals surface area contributed by atoms with Crippen LogP contribution in [0.15, 0.2) is 36.5 Å². The van der Waals surface area contributed by atoms with E-state index in [-0.39, 0.29) is 16.4 Å². The summed E-state index contributed by atoms with van der Waals surface area (Å²) in [6, 6.07) is 5.98. The van der Waals surface area contributed by atoms with E-state index in [2.05, 4.69) is 10.3 Å². The highest BCUT2D eigenvalue weighted by molar-refractivity contribution is 6.29. The molecule has 2 rings (SSSR count). The largest absolute Gasteiger partial charge is 0.322 e. The first-order chi connectivity index (χ1) is 9.47. The molecule has 0 bridgehead atoms. The van der Waals surface area contributed by atoms with Gasteiger partial charge in [0.2, 0.25) is 5.82 Å². The first-order valence-corrected chi connectivity index (χ1v) is 5.72. The van der Waals surface area contributed by atoms with Crippen LogP contribution in [0.25, 0.3) is 0 Å². The molecule has 0 spiro atoms. The third kappa shape index (κ3) is 3.07. The molecule has 20 heavy (non-hydrogen) atoms. The average molecular weight is 296 g/mol. The Hall–Kier alpha value is -2.54. The van der Waals surface area contributed by atoms with Crippen molar-refractivity contribution in [1.29, 1.82) is 0 Å². The molecule has 0 atom stereocenters. The fourth-order valence-corrected chi connectivity index (χ4v) is 1.56. The second kappa shape index (κ2) is 5.62. The van der Waals surface area contributed by atoms with Crippen molar-refractivity contribution in [3.8, 4) is 0 Å². The molecule has 1 N–H and O–H groups in total. The molecule has 1 heterocycles. The van der Waals surface area contributed by atoms with Gasteiger partial charge in [-0.3, -0.25) is 14.9 Å². The standard InChI is InChI=1S/C12H7ClFN3O3/c13-11-4-1-7(6-15-11)12(18)16-8-2-3-10(17(19)20)9(14)5-8/h1-6H,(H,16,18). The van der Waals surface area contributed by atoms with Gasteiger partial charge in [0.25, 0.3) is 5.91 Å². The predicted molar refractivity (Wildman–Crippen MR) is 70.3 cm³/mol. The molecular formula is C12H7ClFN3O3. The molecule has 0 aliphatic rings. The van der Waals surface area contributed by atoms with E-state index in [4.69, 9.17) is 11.6 Å². The van der Waals surface area contributed by atoms with E-state index in [1.165, 1.54) is 24.4 Å². The van der Waals surface area contributed by atoms with Gasteiger partial charge in [0, 0.05) is 24.0 Å². The van der Waals surface area contributed by atoms with E-state index in [1.807, 2.05) is 0 Å². The van der Waals surface area contributed by atoms with Crippen molar-refractivity contribution in [1.82, 2.24) is 4.98 Å². The molecule has 0 aliphatic heterocycles. The van der Waals surface area contributed by atoms with Crippen molar-refractivity contribution in [2.75, 3.05) is 5.32 Å². The molecule has 2 aromatic rings. The number of pyridine rings is 1. The molecule has 0 aliphatic carbocycles. The average Bonchev–Trinajstić information content (AvgIpc) is 2.39. The number of hydrogen-bond acceptors (Lipinski definition) is 4. The van der Waals surface area contributed by atoms with Crippen molar-refractivity contribution in [2.24, 2.45) is 0 Å². The molecule has 0 unspecified atom stereocenters. The van der Waals surface area contributed by atoms with Crippen LogP contribution in [-0.4, -0.2) is 15.8 Å². The fourth-order valence-electron chi connectivity index (χ4n) is 1.45. The maximum Gasteiger partial charge on any atom is 0.304 e. The molecule has 0 saturated heterocycles. The maximum absolute atomic E-state index is 13.4. The lowest BCUT2D eigenvalue weighted by molar-refractivity contribution is -0.387. The number of benzene rings is 1. The minimum Gasteiger partial charge on any atom is -0.322 e. The zero-order valence-electron chi connectivity index (χ0n) is 9.84. The highest BCUT2D eigenvalue weighted by atomic mass is 35.5. The zero-order chi connectivity index (χ0) is 14.7. The van der Waals surface area contributed by atoms with Gasteiger partial charge < -0.3 is 5.32 Å². The summed E-state index contributed by atoms with van der Waals surface area (Å²) >= 11 is 5.59. The van der Waals surface area contributed by atoms with E-state index in [9.17, 15) is 19.3 Å². The van der Waals surface area contributed by atoms with Gasteiger partial charge in [-0.25, -0.2) is 4.98 Å². The summed E-state index contributed by atoms with van der Waals surface area (Å²) in [6.07, 6.45) is 1.26. The second-order valence-corrected chi connectivity index (χ2v) is 4.13. The monoisotopic (exact) mass is 295 g/mol. The quantitative estimate of drug-likeness (QED) is 0.536.